The van der Waals surface area contributed by atoms with Gasteiger partial charge in [-0.2, -0.15) is 0 Å². The van der Waals surface area contributed by atoms with Crippen LogP contribution in [0.15, 0.2) is 121 Å². The number of carbonyl (C=O) groups excluding carboxylic acids is 1. The quantitative estimate of drug-likeness (QED) is 0.348. The summed E-state index contributed by atoms with van der Waals surface area (Å²) in [5.74, 6) is 0. The number of anilines is 2. The van der Waals surface area contributed by atoms with Crippen molar-refractivity contribution in [1.29, 1.82) is 0 Å². The van der Waals surface area contributed by atoms with Gasteiger partial charge in [0, 0.05) is 28.7 Å². The molecule has 0 fully saturated rings. The lowest BCUT2D eigenvalue weighted by molar-refractivity contribution is 0.112. The Labute approximate surface area is 171 Å². The Kier molecular flexibility index (Phi) is 5.63. The summed E-state index contributed by atoms with van der Waals surface area (Å²) in [5, 5.41) is 0. The van der Waals surface area contributed by atoms with Gasteiger partial charge in [-0.3, -0.25) is 4.79 Å². The van der Waals surface area contributed by atoms with Gasteiger partial charge in [0.25, 0.3) is 0 Å². The minimum atomic E-state index is 0.664. The van der Waals surface area contributed by atoms with Crippen LogP contribution in [0.4, 0.5) is 11.4 Å². The van der Waals surface area contributed by atoms with Crippen LogP contribution in [0.1, 0.15) is 21.5 Å². The molecule has 2 heteroatoms. The average Bonchev–Trinajstić information content (AvgIpc) is 2.82. The molecule has 0 aliphatic heterocycles. The number of aldehydes is 1. The number of para-hydroxylation sites is 1. The molecule has 4 rings (SSSR count). The van der Waals surface area contributed by atoms with Gasteiger partial charge in [-0.25, -0.2) is 0 Å². The van der Waals surface area contributed by atoms with Gasteiger partial charge in [0.1, 0.15) is 6.29 Å². The second-order valence-electron chi connectivity index (χ2n) is 6.69. The highest BCUT2D eigenvalue weighted by Gasteiger charge is 2.11. The molecule has 0 saturated heterocycles. The first kappa shape index (κ1) is 18.5. The zero-order chi connectivity index (χ0) is 19.9. The summed E-state index contributed by atoms with van der Waals surface area (Å²) in [4.78, 5) is 13.2. The molecule has 0 amide bonds. The van der Waals surface area contributed by atoms with Crippen LogP contribution >= 0.6 is 0 Å². The van der Waals surface area contributed by atoms with Gasteiger partial charge in [-0.1, -0.05) is 78.9 Å². The molecule has 4 aromatic carbocycles. The molecule has 0 bridgehead atoms. The molecular formula is C27H21NO. The molecule has 140 valence electrons. The zero-order valence-electron chi connectivity index (χ0n) is 16.0. The van der Waals surface area contributed by atoms with E-state index in [9.17, 15) is 4.79 Å². The van der Waals surface area contributed by atoms with Gasteiger partial charge in [0.2, 0.25) is 0 Å². The molecular weight excluding hydrogens is 354 g/mol. The maximum Gasteiger partial charge on any atom is 0.150 e. The zero-order valence-corrected chi connectivity index (χ0v) is 16.0. The third kappa shape index (κ3) is 4.33. The maximum atomic E-state index is 11.1. The van der Waals surface area contributed by atoms with Gasteiger partial charge in [0.05, 0.1) is 0 Å². The van der Waals surface area contributed by atoms with Crippen LogP contribution in [-0.4, -0.2) is 6.29 Å². The Bertz CT molecular complexity index is 1040. The van der Waals surface area contributed by atoms with Crippen LogP contribution in [0.25, 0.3) is 5.57 Å². The van der Waals surface area contributed by atoms with Crippen molar-refractivity contribution in [2.75, 3.05) is 4.90 Å². The van der Waals surface area contributed by atoms with Crippen LogP contribution in [-0.2, 0) is 0 Å². The highest BCUT2D eigenvalue weighted by molar-refractivity contribution is 5.84. The number of benzene rings is 4. The molecule has 0 saturated carbocycles. The van der Waals surface area contributed by atoms with E-state index in [2.05, 4.69) is 71.8 Å². The molecule has 2 nitrogen and oxygen atoms in total. The first-order chi connectivity index (χ1) is 14.3. The third-order valence-electron chi connectivity index (χ3n) is 4.77. The first-order valence-electron chi connectivity index (χ1n) is 9.57. The van der Waals surface area contributed by atoms with E-state index in [1.165, 1.54) is 0 Å². The van der Waals surface area contributed by atoms with Crippen LogP contribution in [0, 0.1) is 0 Å². The highest BCUT2D eigenvalue weighted by atomic mass is 16.1. The Balaban J connectivity index is 1.89. The van der Waals surface area contributed by atoms with E-state index in [0.717, 1.165) is 34.4 Å². The average molecular weight is 375 g/mol. The van der Waals surface area contributed by atoms with Gasteiger partial charge in [-0.05, 0) is 47.5 Å². The van der Waals surface area contributed by atoms with Crippen molar-refractivity contribution in [1.82, 2.24) is 0 Å². The molecule has 29 heavy (non-hydrogen) atoms. The molecule has 0 aliphatic rings. The standard InChI is InChI=1S/C27H21NO/c29-21-22-16-18-26(19-17-22)28(25-14-8-3-9-15-25)20-27(23-10-4-1-5-11-23)24-12-6-2-7-13-24/h1-21H. The number of nitrogens with zero attached hydrogens (tertiary/aromatic N) is 1. The lowest BCUT2D eigenvalue weighted by Gasteiger charge is -2.23. The largest absolute Gasteiger partial charge is 0.317 e. The smallest absolute Gasteiger partial charge is 0.150 e. The van der Waals surface area contributed by atoms with Crippen molar-refractivity contribution in [3.8, 4) is 0 Å². The van der Waals surface area contributed by atoms with E-state index in [4.69, 9.17) is 0 Å². The fourth-order valence-corrected chi connectivity index (χ4v) is 3.28. The van der Waals surface area contributed by atoms with E-state index in [1.807, 2.05) is 54.6 Å². The molecule has 0 aromatic heterocycles. The molecule has 0 aliphatic carbocycles. The Hall–Kier alpha value is -3.91. The lowest BCUT2D eigenvalue weighted by Crippen LogP contribution is -2.10. The summed E-state index contributed by atoms with van der Waals surface area (Å²) in [6.45, 7) is 0. The first-order valence-corrected chi connectivity index (χ1v) is 9.57. The maximum absolute atomic E-state index is 11.1. The second-order valence-corrected chi connectivity index (χ2v) is 6.69. The number of hydrogen-bond acceptors (Lipinski definition) is 2. The Morgan fingerprint density at radius 2 is 1.00 bits per heavy atom. The number of hydrogen-bond donors (Lipinski definition) is 0. The van der Waals surface area contributed by atoms with E-state index in [1.54, 1.807) is 0 Å². The molecule has 4 aromatic rings. The second kappa shape index (κ2) is 8.85. The van der Waals surface area contributed by atoms with Crippen LogP contribution < -0.4 is 4.90 Å². The predicted octanol–water partition coefficient (Wildman–Crippen LogP) is 6.73. The van der Waals surface area contributed by atoms with Crippen molar-refractivity contribution in [2.45, 2.75) is 0 Å². The number of rotatable bonds is 6. The summed E-state index contributed by atoms with van der Waals surface area (Å²) in [7, 11) is 0. The Morgan fingerprint density at radius 3 is 1.48 bits per heavy atom. The normalized spacial score (nSPS) is 10.2. The fraction of sp³-hybridized carbons (Fsp3) is 0. The SMILES string of the molecule is O=Cc1ccc(N(C=C(c2ccccc2)c2ccccc2)c2ccccc2)cc1. The minimum Gasteiger partial charge on any atom is -0.317 e. The van der Waals surface area contributed by atoms with Crippen molar-refractivity contribution in [3.05, 3.63) is 138 Å². The molecule has 0 N–H and O–H groups in total. The van der Waals surface area contributed by atoms with Crippen LogP contribution in [0.2, 0.25) is 0 Å². The van der Waals surface area contributed by atoms with E-state index in [-0.39, 0.29) is 0 Å². The van der Waals surface area contributed by atoms with E-state index in [0.29, 0.717) is 5.56 Å². The Morgan fingerprint density at radius 1 is 0.552 bits per heavy atom. The summed E-state index contributed by atoms with van der Waals surface area (Å²) < 4.78 is 0. The highest BCUT2D eigenvalue weighted by Crippen LogP contribution is 2.31. The van der Waals surface area contributed by atoms with E-state index >= 15 is 0 Å². The van der Waals surface area contributed by atoms with Crippen molar-refractivity contribution >= 4 is 23.2 Å². The molecule has 0 radical (unpaired) electrons. The monoisotopic (exact) mass is 375 g/mol. The summed E-state index contributed by atoms with van der Waals surface area (Å²) >= 11 is 0. The van der Waals surface area contributed by atoms with Crippen LogP contribution in [0.5, 0.6) is 0 Å². The third-order valence-corrected chi connectivity index (χ3v) is 4.77. The van der Waals surface area contributed by atoms with E-state index < -0.39 is 0 Å². The molecule has 0 unspecified atom stereocenters. The molecule has 0 spiro atoms. The summed E-state index contributed by atoms with van der Waals surface area (Å²) in [6.07, 6.45) is 3.03. The van der Waals surface area contributed by atoms with Crippen LogP contribution in [0.3, 0.4) is 0 Å². The summed E-state index contributed by atoms with van der Waals surface area (Å²) in [5.41, 5.74) is 6.11. The minimum absolute atomic E-state index is 0.664. The predicted molar refractivity (Wildman–Crippen MR) is 120 cm³/mol. The molecule has 0 heterocycles. The van der Waals surface area contributed by atoms with Crippen molar-refractivity contribution in [3.63, 3.8) is 0 Å². The topological polar surface area (TPSA) is 20.3 Å². The molecule has 0 atom stereocenters. The van der Waals surface area contributed by atoms with Gasteiger partial charge >= 0.3 is 0 Å². The van der Waals surface area contributed by atoms with Crippen molar-refractivity contribution < 1.29 is 4.79 Å². The lowest BCUT2D eigenvalue weighted by atomic mass is 9.98. The van der Waals surface area contributed by atoms with Gasteiger partial charge < -0.3 is 4.90 Å². The number of carbonyl (C=O) groups is 1. The van der Waals surface area contributed by atoms with Crippen molar-refractivity contribution in [2.24, 2.45) is 0 Å². The van der Waals surface area contributed by atoms with Gasteiger partial charge in [-0.15, -0.1) is 0 Å². The van der Waals surface area contributed by atoms with Gasteiger partial charge in [0.15, 0.2) is 0 Å². The summed E-state index contributed by atoms with van der Waals surface area (Å²) in [6, 6.07) is 38.6. The fourth-order valence-electron chi connectivity index (χ4n) is 3.28.